The number of aromatic nitrogens is 1. The van der Waals surface area contributed by atoms with Gasteiger partial charge in [-0.15, -0.1) is 0 Å². The van der Waals surface area contributed by atoms with Gasteiger partial charge in [-0.2, -0.15) is 0 Å². The van der Waals surface area contributed by atoms with Crippen molar-refractivity contribution < 1.29 is 71.1 Å². The van der Waals surface area contributed by atoms with Gasteiger partial charge in [0.15, 0.2) is 0 Å². The van der Waals surface area contributed by atoms with Crippen LogP contribution in [0.1, 0.15) is 52.0 Å². The molecule has 0 amide bonds. The van der Waals surface area contributed by atoms with Gasteiger partial charge in [0.05, 0.1) is 48.5 Å². The van der Waals surface area contributed by atoms with Crippen molar-refractivity contribution in [1.82, 2.24) is 4.98 Å². The molecule has 17 nitrogen and oxygen atoms in total. The number of hydrogen-bond acceptors (Lipinski definition) is 17. The van der Waals surface area contributed by atoms with Gasteiger partial charge in [-0.05, 0) is 123 Å². The molecule has 0 aliphatic rings. The fourth-order valence-corrected chi connectivity index (χ4v) is 5.21. The van der Waals surface area contributed by atoms with E-state index < -0.39 is 41.8 Å². The minimum absolute atomic E-state index is 0.00547. The van der Waals surface area contributed by atoms with Crippen LogP contribution < -0.4 is 24.6 Å². The molecule has 5 rings (SSSR count). The second kappa shape index (κ2) is 22.3. The fraction of sp³-hybridized carbons (Fsp3) is 0.200. The van der Waals surface area contributed by atoms with Crippen molar-refractivity contribution in [1.29, 1.82) is 0 Å². The summed E-state index contributed by atoms with van der Waals surface area (Å²) in [5.74, 6) is -1.96. The number of carbonyl (C=O) groups excluding carboxylic acids is 6. The number of aryl methyl sites for hydroxylation is 1. The largest absolute Gasteiger partial charge is 0.513 e. The first-order chi connectivity index (χ1) is 29.9. The summed E-state index contributed by atoms with van der Waals surface area (Å²) in [6, 6.07) is 20.1. The SMILES string of the molecule is C=CC(=O)OCCCCOC(=O)Oc1ccc(C(=O)Oc2ccc3nc(-c4ccc(OC(=O)c5ccc(OC(=O)OCCCCOC(=O)C=C)cc5)c(C)c4)oc(=O)c3c2)cc1. The second-order valence-electron chi connectivity index (χ2n) is 12.9. The van der Waals surface area contributed by atoms with Crippen molar-refractivity contribution in [3.05, 3.63) is 137 Å². The lowest BCUT2D eigenvalue weighted by Gasteiger charge is -2.10. The molecule has 1 heterocycles. The summed E-state index contributed by atoms with van der Waals surface area (Å²) in [4.78, 5) is 89.3. The normalized spacial score (nSPS) is 10.5. The quantitative estimate of drug-likeness (QED) is 0.0194. The Hall–Kier alpha value is -8.08. The van der Waals surface area contributed by atoms with Crippen LogP contribution in [0.15, 0.2) is 119 Å². The highest BCUT2D eigenvalue weighted by Gasteiger charge is 2.17. The number of fused-ring (bicyclic) bond motifs is 1. The highest BCUT2D eigenvalue weighted by Crippen LogP contribution is 2.28. The lowest BCUT2D eigenvalue weighted by molar-refractivity contribution is -0.138. The third kappa shape index (κ3) is 13.5. The summed E-state index contributed by atoms with van der Waals surface area (Å²) in [6.07, 6.45) is 2.08. The van der Waals surface area contributed by atoms with Crippen LogP contribution >= 0.6 is 0 Å². The third-order valence-corrected chi connectivity index (χ3v) is 8.36. The molecular formula is C45H39NO16. The summed E-state index contributed by atoms with van der Waals surface area (Å²) in [5, 5.41) is 0.0513. The number of unbranched alkanes of at least 4 members (excludes halogenated alkanes) is 2. The van der Waals surface area contributed by atoms with Crippen LogP contribution in [0.3, 0.4) is 0 Å². The molecule has 0 radical (unpaired) electrons. The molecule has 0 aliphatic carbocycles. The first kappa shape index (κ1) is 45.0. The van der Waals surface area contributed by atoms with Gasteiger partial charge in [-0.25, -0.2) is 38.5 Å². The molecular weight excluding hydrogens is 810 g/mol. The predicted molar refractivity (Wildman–Crippen MR) is 218 cm³/mol. The Bertz CT molecular complexity index is 2510. The molecule has 0 saturated heterocycles. The van der Waals surface area contributed by atoms with Gasteiger partial charge in [-0.3, -0.25) is 0 Å². The molecule has 0 N–H and O–H groups in total. The number of rotatable bonds is 19. The minimum atomic E-state index is -0.948. The number of esters is 4. The molecule has 62 heavy (non-hydrogen) atoms. The third-order valence-electron chi connectivity index (χ3n) is 8.36. The molecule has 0 unspecified atom stereocenters. The summed E-state index contributed by atoms with van der Waals surface area (Å²) in [7, 11) is 0. The number of benzene rings is 4. The van der Waals surface area contributed by atoms with Gasteiger partial charge in [-0.1, -0.05) is 13.2 Å². The lowest BCUT2D eigenvalue weighted by Crippen LogP contribution is -2.13. The number of carbonyl (C=O) groups is 6. The van der Waals surface area contributed by atoms with E-state index in [4.69, 9.17) is 42.3 Å². The van der Waals surface area contributed by atoms with Crippen molar-refractivity contribution in [3.63, 3.8) is 0 Å². The van der Waals surface area contributed by atoms with Crippen LogP contribution in [0.5, 0.6) is 23.0 Å². The molecule has 1 aromatic heterocycles. The monoisotopic (exact) mass is 849 g/mol. The smallest absolute Gasteiger partial charge is 0.463 e. The summed E-state index contributed by atoms with van der Waals surface area (Å²) in [5.41, 5.74) is 0.771. The number of hydrogen-bond donors (Lipinski definition) is 0. The molecule has 0 fully saturated rings. The zero-order valence-corrected chi connectivity index (χ0v) is 33.3. The van der Waals surface area contributed by atoms with E-state index in [1.54, 1.807) is 19.1 Å². The standard InChI is InChI=1S/C45H39NO16/c1-4-38(47)54-22-6-8-24-56-44(52)59-32-15-10-29(11-16-32)41(49)58-34-19-20-36-35(27-34)43(51)62-40(46-36)31-14-21-37(28(3)26-31)61-42(50)30-12-17-33(18-13-30)60-45(53)57-25-9-7-23-55-39(48)5-2/h4-5,10-21,26-27H,1-2,6-9,22-25H2,3H3. The molecule has 0 atom stereocenters. The van der Waals surface area contributed by atoms with Crippen molar-refractivity contribution in [2.24, 2.45) is 0 Å². The van der Waals surface area contributed by atoms with E-state index in [0.717, 1.165) is 12.2 Å². The Labute approximate surface area is 353 Å². The van der Waals surface area contributed by atoms with E-state index in [2.05, 4.69) is 18.1 Å². The Morgan fingerprint density at radius 2 is 1.06 bits per heavy atom. The Morgan fingerprint density at radius 1 is 0.581 bits per heavy atom. The lowest BCUT2D eigenvalue weighted by atomic mass is 10.1. The molecule has 0 saturated carbocycles. The van der Waals surface area contributed by atoms with E-state index in [9.17, 15) is 33.6 Å². The van der Waals surface area contributed by atoms with Crippen LogP contribution in [0.2, 0.25) is 0 Å². The first-order valence-corrected chi connectivity index (χ1v) is 18.9. The van der Waals surface area contributed by atoms with E-state index in [0.29, 0.717) is 36.8 Å². The Morgan fingerprint density at radius 3 is 1.56 bits per heavy atom. The zero-order chi connectivity index (χ0) is 44.4. The van der Waals surface area contributed by atoms with Crippen molar-refractivity contribution >= 4 is 47.1 Å². The van der Waals surface area contributed by atoms with Gasteiger partial charge in [0.25, 0.3) is 0 Å². The summed E-state index contributed by atoms with van der Waals surface area (Å²) < 4.78 is 46.4. The second-order valence-corrected chi connectivity index (χ2v) is 12.9. The van der Waals surface area contributed by atoms with E-state index in [1.807, 2.05) is 0 Å². The topological polar surface area (TPSA) is 219 Å². The van der Waals surface area contributed by atoms with E-state index in [-0.39, 0.29) is 77.3 Å². The highest BCUT2D eigenvalue weighted by molar-refractivity contribution is 5.92. The maximum Gasteiger partial charge on any atom is 0.513 e. The van der Waals surface area contributed by atoms with Crippen molar-refractivity contribution in [2.75, 3.05) is 26.4 Å². The van der Waals surface area contributed by atoms with Gasteiger partial charge < -0.3 is 42.3 Å². The molecule has 5 aromatic rings. The van der Waals surface area contributed by atoms with Gasteiger partial charge in [0.2, 0.25) is 5.89 Å². The molecule has 17 heteroatoms. The van der Waals surface area contributed by atoms with Gasteiger partial charge in [0, 0.05) is 17.7 Å². The average Bonchev–Trinajstić information content (AvgIpc) is 3.27. The Balaban J connectivity index is 1.10. The maximum absolute atomic E-state index is 13.1. The molecule has 4 aromatic carbocycles. The summed E-state index contributed by atoms with van der Waals surface area (Å²) >= 11 is 0. The first-order valence-electron chi connectivity index (χ1n) is 18.9. The van der Waals surface area contributed by atoms with Gasteiger partial charge >= 0.3 is 41.8 Å². The fourth-order valence-electron chi connectivity index (χ4n) is 5.21. The van der Waals surface area contributed by atoms with Crippen molar-refractivity contribution in [3.8, 4) is 34.5 Å². The van der Waals surface area contributed by atoms with Crippen LogP contribution in [0.4, 0.5) is 9.59 Å². The zero-order valence-electron chi connectivity index (χ0n) is 33.3. The van der Waals surface area contributed by atoms with E-state index in [1.165, 1.54) is 72.8 Å². The molecule has 320 valence electrons. The van der Waals surface area contributed by atoms with Crippen LogP contribution in [0.25, 0.3) is 22.4 Å². The van der Waals surface area contributed by atoms with E-state index >= 15 is 0 Å². The predicted octanol–water partition coefficient (Wildman–Crippen LogP) is 7.65. The van der Waals surface area contributed by atoms with Crippen LogP contribution in [-0.2, 0) is 28.5 Å². The van der Waals surface area contributed by atoms with Crippen LogP contribution in [-0.4, -0.2) is 67.6 Å². The molecule has 0 spiro atoms. The van der Waals surface area contributed by atoms with Crippen molar-refractivity contribution in [2.45, 2.75) is 32.6 Å². The number of ether oxygens (including phenoxy) is 8. The minimum Gasteiger partial charge on any atom is -0.463 e. The van der Waals surface area contributed by atoms with Crippen LogP contribution in [0, 0.1) is 6.92 Å². The highest BCUT2D eigenvalue weighted by atomic mass is 16.7. The van der Waals surface area contributed by atoms with Gasteiger partial charge in [0.1, 0.15) is 23.0 Å². The summed E-state index contributed by atoms with van der Waals surface area (Å²) in [6.45, 7) is 8.73. The maximum atomic E-state index is 13.1. The Kier molecular flexibility index (Phi) is 16.2. The number of nitrogens with zero attached hydrogens (tertiary/aromatic N) is 1. The average molecular weight is 850 g/mol. The molecule has 0 aliphatic heterocycles. The molecule has 0 bridgehead atoms.